The summed E-state index contributed by atoms with van der Waals surface area (Å²) >= 11 is 5.73. The van der Waals surface area contributed by atoms with Crippen LogP contribution < -0.4 is 10.1 Å². The van der Waals surface area contributed by atoms with Crippen molar-refractivity contribution >= 4 is 11.6 Å². The molecule has 2 aliphatic rings. The van der Waals surface area contributed by atoms with E-state index >= 15 is 0 Å². The summed E-state index contributed by atoms with van der Waals surface area (Å²) < 4.78 is 19.7. The average Bonchev–Trinajstić information content (AvgIpc) is 2.50. The van der Waals surface area contributed by atoms with E-state index in [2.05, 4.69) is 12.2 Å². The van der Waals surface area contributed by atoms with Crippen LogP contribution in [0.4, 0.5) is 4.39 Å². The molecule has 2 nitrogen and oxygen atoms in total. The quantitative estimate of drug-likeness (QED) is 0.880. The first-order valence-electron chi connectivity index (χ1n) is 8.01. The summed E-state index contributed by atoms with van der Waals surface area (Å²) in [5, 5.41) is 3.75. The minimum absolute atomic E-state index is 0.147. The molecular weight excluding hydrogens is 289 g/mol. The molecule has 0 bridgehead atoms. The highest BCUT2D eigenvalue weighted by Crippen LogP contribution is 2.53. The molecule has 0 amide bonds. The van der Waals surface area contributed by atoms with E-state index in [0.29, 0.717) is 11.8 Å². The van der Waals surface area contributed by atoms with Crippen LogP contribution in [0.2, 0.25) is 5.02 Å². The maximum absolute atomic E-state index is 13.6. The summed E-state index contributed by atoms with van der Waals surface area (Å²) in [5.74, 6) is 0.191. The SMILES string of the molecule is CCNC1CC(Oc2ccc(Cl)c(F)c2)C12CCCCC2. The van der Waals surface area contributed by atoms with E-state index in [-0.39, 0.29) is 16.5 Å². The second-order valence-electron chi connectivity index (χ2n) is 6.32. The molecule has 0 radical (unpaired) electrons. The van der Waals surface area contributed by atoms with Gasteiger partial charge < -0.3 is 10.1 Å². The van der Waals surface area contributed by atoms with Gasteiger partial charge in [-0.15, -0.1) is 0 Å². The van der Waals surface area contributed by atoms with E-state index in [0.717, 1.165) is 13.0 Å². The molecule has 1 N–H and O–H groups in total. The van der Waals surface area contributed by atoms with Crippen molar-refractivity contribution in [2.75, 3.05) is 6.54 Å². The van der Waals surface area contributed by atoms with Crippen LogP contribution in [0.15, 0.2) is 18.2 Å². The Morgan fingerprint density at radius 2 is 2.10 bits per heavy atom. The molecule has 21 heavy (non-hydrogen) atoms. The van der Waals surface area contributed by atoms with Crippen LogP contribution in [0.1, 0.15) is 45.4 Å². The zero-order valence-electron chi connectivity index (χ0n) is 12.5. The van der Waals surface area contributed by atoms with E-state index in [1.54, 1.807) is 12.1 Å². The Labute approximate surface area is 131 Å². The van der Waals surface area contributed by atoms with Crippen LogP contribution >= 0.6 is 11.6 Å². The molecule has 2 atom stereocenters. The lowest BCUT2D eigenvalue weighted by molar-refractivity contribution is -0.102. The summed E-state index contributed by atoms with van der Waals surface area (Å²) in [4.78, 5) is 0. The maximum Gasteiger partial charge on any atom is 0.145 e. The third kappa shape index (κ3) is 2.78. The molecule has 2 saturated carbocycles. The molecule has 1 aromatic carbocycles. The van der Waals surface area contributed by atoms with Crippen molar-refractivity contribution in [2.45, 2.75) is 57.6 Å². The van der Waals surface area contributed by atoms with Gasteiger partial charge in [0.05, 0.1) is 5.02 Å². The minimum Gasteiger partial charge on any atom is -0.490 e. The van der Waals surface area contributed by atoms with Gasteiger partial charge in [-0.1, -0.05) is 37.8 Å². The first-order chi connectivity index (χ1) is 10.2. The highest BCUT2D eigenvalue weighted by molar-refractivity contribution is 6.30. The number of benzene rings is 1. The van der Waals surface area contributed by atoms with Crippen LogP contribution in [0.3, 0.4) is 0 Å². The standard InChI is InChI=1S/C17H23ClFNO/c1-2-20-15-11-16(17(15)8-4-3-5-9-17)21-12-6-7-13(18)14(19)10-12/h6-7,10,15-16,20H,2-5,8-9,11H2,1H3. The van der Waals surface area contributed by atoms with Crippen LogP contribution in [0.25, 0.3) is 0 Å². The molecular formula is C17H23ClFNO. The molecule has 1 aromatic rings. The van der Waals surface area contributed by atoms with Gasteiger partial charge in [-0.25, -0.2) is 4.39 Å². The number of hydrogen-bond donors (Lipinski definition) is 1. The van der Waals surface area contributed by atoms with E-state index in [1.165, 1.54) is 38.2 Å². The molecule has 2 fully saturated rings. The van der Waals surface area contributed by atoms with Crippen molar-refractivity contribution in [2.24, 2.45) is 5.41 Å². The topological polar surface area (TPSA) is 21.3 Å². The summed E-state index contributed by atoms with van der Waals surface area (Å²) in [5.41, 5.74) is 0.240. The number of hydrogen-bond acceptors (Lipinski definition) is 2. The van der Waals surface area contributed by atoms with Gasteiger partial charge in [0.25, 0.3) is 0 Å². The fourth-order valence-electron chi connectivity index (χ4n) is 4.04. The second-order valence-corrected chi connectivity index (χ2v) is 6.73. The number of rotatable bonds is 4. The predicted molar refractivity (Wildman–Crippen MR) is 83.4 cm³/mol. The van der Waals surface area contributed by atoms with E-state index in [9.17, 15) is 4.39 Å². The van der Waals surface area contributed by atoms with E-state index < -0.39 is 5.82 Å². The molecule has 1 spiro atoms. The first-order valence-corrected chi connectivity index (χ1v) is 8.38. The number of ether oxygens (including phenoxy) is 1. The highest BCUT2D eigenvalue weighted by Gasteiger charge is 2.56. The number of halogens is 2. The van der Waals surface area contributed by atoms with Crippen molar-refractivity contribution in [3.05, 3.63) is 29.0 Å². The lowest BCUT2D eigenvalue weighted by Gasteiger charge is -2.57. The van der Waals surface area contributed by atoms with Crippen molar-refractivity contribution in [3.8, 4) is 5.75 Å². The molecule has 0 aromatic heterocycles. The van der Waals surface area contributed by atoms with Gasteiger partial charge in [0.2, 0.25) is 0 Å². The monoisotopic (exact) mass is 311 g/mol. The van der Waals surface area contributed by atoms with Gasteiger partial charge in [0.15, 0.2) is 0 Å². The second kappa shape index (κ2) is 6.13. The molecule has 4 heteroatoms. The Kier molecular flexibility index (Phi) is 4.41. The van der Waals surface area contributed by atoms with Crippen molar-refractivity contribution < 1.29 is 9.13 Å². The van der Waals surface area contributed by atoms with Gasteiger partial charge in [0, 0.05) is 23.9 Å². The molecule has 0 aliphatic heterocycles. The summed E-state index contributed by atoms with van der Waals surface area (Å²) in [6.07, 6.45) is 7.51. The Morgan fingerprint density at radius 1 is 1.33 bits per heavy atom. The molecule has 0 heterocycles. The van der Waals surface area contributed by atoms with Gasteiger partial charge in [-0.2, -0.15) is 0 Å². The maximum atomic E-state index is 13.6. The highest BCUT2D eigenvalue weighted by atomic mass is 35.5. The third-order valence-corrected chi connectivity index (χ3v) is 5.50. The van der Waals surface area contributed by atoms with E-state index in [1.807, 2.05) is 0 Å². The van der Waals surface area contributed by atoms with E-state index in [4.69, 9.17) is 16.3 Å². The summed E-state index contributed by atoms with van der Waals surface area (Å²) in [6, 6.07) is 5.28. The molecule has 0 saturated heterocycles. The van der Waals surface area contributed by atoms with Gasteiger partial charge in [-0.3, -0.25) is 0 Å². The lowest BCUT2D eigenvalue weighted by Crippen LogP contribution is -2.65. The third-order valence-electron chi connectivity index (χ3n) is 5.19. The van der Waals surface area contributed by atoms with Crippen LogP contribution in [-0.4, -0.2) is 18.7 Å². The Morgan fingerprint density at radius 3 is 2.76 bits per heavy atom. The van der Waals surface area contributed by atoms with Crippen molar-refractivity contribution in [3.63, 3.8) is 0 Å². The Balaban J connectivity index is 1.73. The summed E-state index contributed by atoms with van der Waals surface area (Å²) in [6.45, 7) is 3.15. The average molecular weight is 312 g/mol. The molecule has 3 rings (SSSR count). The Hall–Kier alpha value is -0.800. The van der Waals surface area contributed by atoms with Crippen LogP contribution in [0, 0.1) is 11.2 Å². The molecule has 116 valence electrons. The molecule has 2 unspecified atom stereocenters. The fraction of sp³-hybridized carbons (Fsp3) is 0.647. The first kappa shape index (κ1) is 15.1. The number of nitrogens with one attached hydrogen (secondary N) is 1. The molecule has 2 aliphatic carbocycles. The van der Waals surface area contributed by atoms with Gasteiger partial charge in [-0.05, 0) is 31.5 Å². The normalized spacial score (nSPS) is 27.4. The largest absolute Gasteiger partial charge is 0.490 e. The lowest BCUT2D eigenvalue weighted by atomic mass is 9.55. The predicted octanol–water partition coefficient (Wildman–Crippen LogP) is 4.56. The zero-order chi connectivity index (χ0) is 14.9. The van der Waals surface area contributed by atoms with Crippen LogP contribution in [-0.2, 0) is 0 Å². The van der Waals surface area contributed by atoms with Crippen molar-refractivity contribution in [1.29, 1.82) is 0 Å². The Bertz CT molecular complexity index is 502. The van der Waals surface area contributed by atoms with Gasteiger partial charge >= 0.3 is 0 Å². The van der Waals surface area contributed by atoms with Crippen molar-refractivity contribution in [1.82, 2.24) is 5.32 Å². The fourth-order valence-corrected chi connectivity index (χ4v) is 4.16. The van der Waals surface area contributed by atoms with Gasteiger partial charge in [0.1, 0.15) is 17.7 Å². The van der Waals surface area contributed by atoms with Crippen LogP contribution in [0.5, 0.6) is 5.75 Å². The summed E-state index contributed by atoms with van der Waals surface area (Å²) in [7, 11) is 0. The smallest absolute Gasteiger partial charge is 0.145 e. The minimum atomic E-state index is -0.408. The zero-order valence-corrected chi connectivity index (χ0v) is 13.3.